The number of hydrogen-bond donors (Lipinski definition) is 3. The highest BCUT2D eigenvalue weighted by atomic mass is 16.1. The Kier molecular flexibility index (Phi) is 2.02. The number of nitrogens with one attached hydrogen (secondary N) is 3. The van der Waals surface area contributed by atoms with Crippen molar-refractivity contribution in [3.63, 3.8) is 0 Å². The zero-order chi connectivity index (χ0) is 11.1. The lowest BCUT2D eigenvalue weighted by atomic mass is 9.82. The van der Waals surface area contributed by atoms with Crippen molar-refractivity contribution in [1.29, 1.82) is 0 Å². The van der Waals surface area contributed by atoms with E-state index in [0.29, 0.717) is 6.04 Å². The molecule has 1 aromatic heterocycles. The second kappa shape index (κ2) is 3.40. The first kappa shape index (κ1) is 9.51. The third-order valence-corrected chi connectivity index (χ3v) is 3.26. The molecule has 1 aliphatic rings. The third-order valence-electron chi connectivity index (χ3n) is 3.26. The SMILES string of the molecule is CC1CC(Nc2ccc3[nH]c(=O)[nH]c3c2)C1. The number of aromatic nitrogens is 2. The van der Waals surface area contributed by atoms with E-state index in [9.17, 15) is 4.79 Å². The van der Waals surface area contributed by atoms with Gasteiger partial charge in [-0.1, -0.05) is 6.92 Å². The maximum atomic E-state index is 11.1. The van der Waals surface area contributed by atoms with Crippen molar-refractivity contribution in [2.45, 2.75) is 25.8 Å². The van der Waals surface area contributed by atoms with Crippen LogP contribution in [0.1, 0.15) is 19.8 Å². The maximum absolute atomic E-state index is 11.1. The largest absolute Gasteiger partial charge is 0.382 e. The number of imidazole rings is 1. The molecule has 0 spiro atoms. The predicted octanol–water partition coefficient (Wildman–Crippen LogP) is 2.07. The Morgan fingerprint density at radius 1 is 1.25 bits per heavy atom. The number of aromatic amines is 2. The van der Waals surface area contributed by atoms with Gasteiger partial charge in [-0.2, -0.15) is 0 Å². The Bertz CT molecular complexity index is 563. The van der Waals surface area contributed by atoms with Gasteiger partial charge in [0.2, 0.25) is 0 Å². The summed E-state index contributed by atoms with van der Waals surface area (Å²) in [5.74, 6) is 0.841. The molecule has 1 aliphatic carbocycles. The number of benzene rings is 1. The Morgan fingerprint density at radius 3 is 2.75 bits per heavy atom. The molecular formula is C12H15N3O. The van der Waals surface area contributed by atoms with Gasteiger partial charge in [-0.05, 0) is 37.0 Å². The summed E-state index contributed by atoms with van der Waals surface area (Å²) in [5.41, 5.74) is 2.66. The van der Waals surface area contributed by atoms with E-state index < -0.39 is 0 Å². The standard InChI is InChI=1S/C12H15N3O/c1-7-4-9(5-7)13-8-2-3-10-11(6-8)15-12(16)14-10/h2-3,6-7,9,13H,4-5H2,1H3,(H2,14,15,16). The molecule has 0 atom stereocenters. The highest BCUT2D eigenvalue weighted by Gasteiger charge is 2.24. The molecule has 0 saturated heterocycles. The van der Waals surface area contributed by atoms with Gasteiger partial charge in [-0.25, -0.2) is 4.79 Å². The quantitative estimate of drug-likeness (QED) is 0.721. The molecular weight excluding hydrogens is 202 g/mol. The molecule has 1 saturated carbocycles. The lowest BCUT2D eigenvalue weighted by Gasteiger charge is -2.34. The van der Waals surface area contributed by atoms with Crippen molar-refractivity contribution in [1.82, 2.24) is 9.97 Å². The molecule has 4 nitrogen and oxygen atoms in total. The van der Waals surface area contributed by atoms with Gasteiger partial charge >= 0.3 is 5.69 Å². The van der Waals surface area contributed by atoms with Gasteiger partial charge in [-0.3, -0.25) is 0 Å². The van der Waals surface area contributed by atoms with Crippen LogP contribution in [-0.4, -0.2) is 16.0 Å². The molecule has 0 aliphatic heterocycles. The Labute approximate surface area is 93.1 Å². The minimum absolute atomic E-state index is 0.149. The van der Waals surface area contributed by atoms with Gasteiger partial charge in [0, 0.05) is 11.7 Å². The molecule has 16 heavy (non-hydrogen) atoms. The summed E-state index contributed by atoms with van der Waals surface area (Å²) in [6, 6.07) is 6.52. The van der Waals surface area contributed by atoms with Crippen molar-refractivity contribution in [2.75, 3.05) is 5.32 Å². The van der Waals surface area contributed by atoms with Crippen LogP contribution in [0.4, 0.5) is 5.69 Å². The maximum Gasteiger partial charge on any atom is 0.323 e. The average Bonchev–Trinajstić information content (AvgIpc) is 2.55. The van der Waals surface area contributed by atoms with Gasteiger partial charge < -0.3 is 15.3 Å². The molecule has 84 valence electrons. The van der Waals surface area contributed by atoms with E-state index in [1.54, 1.807) is 0 Å². The van der Waals surface area contributed by atoms with Crippen LogP contribution in [0.5, 0.6) is 0 Å². The molecule has 1 heterocycles. The summed E-state index contributed by atoms with van der Waals surface area (Å²) in [6.45, 7) is 2.27. The van der Waals surface area contributed by atoms with Crippen molar-refractivity contribution in [3.05, 3.63) is 28.7 Å². The number of H-pyrrole nitrogens is 2. The second-order valence-corrected chi connectivity index (χ2v) is 4.76. The first-order valence-electron chi connectivity index (χ1n) is 5.69. The number of hydrogen-bond acceptors (Lipinski definition) is 2. The lowest BCUT2D eigenvalue weighted by molar-refractivity contribution is 0.309. The van der Waals surface area contributed by atoms with E-state index in [0.717, 1.165) is 22.6 Å². The van der Waals surface area contributed by atoms with Crippen molar-refractivity contribution >= 4 is 16.7 Å². The van der Waals surface area contributed by atoms with Gasteiger partial charge in [0.05, 0.1) is 11.0 Å². The molecule has 0 unspecified atom stereocenters. The average molecular weight is 217 g/mol. The predicted molar refractivity (Wildman–Crippen MR) is 64.7 cm³/mol. The first-order valence-corrected chi connectivity index (χ1v) is 5.69. The fourth-order valence-electron chi connectivity index (χ4n) is 2.38. The van der Waals surface area contributed by atoms with E-state index in [-0.39, 0.29) is 5.69 Å². The van der Waals surface area contributed by atoms with E-state index in [1.807, 2.05) is 18.2 Å². The molecule has 0 radical (unpaired) electrons. The molecule has 0 amide bonds. The number of anilines is 1. The highest BCUT2D eigenvalue weighted by molar-refractivity contribution is 5.78. The fourth-order valence-corrected chi connectivity index (χ4v) is 2.38. The molecule has 3 N–H and O–H groups in total. The van der Waals surface area contributed by atoms with Crippen molar-refractivity contribution < 1.29 is 0 Å². The second-order valence-electron chi connectivity index (χ2n) is 4.76. The summed E-state index contributed by atoms with van der Waals surface area (Å²) in [4.78, 5) is 16.6. The Hall–Kier alpha value is -1.71. The summed E-state index contributed by atoms with van der Waals surface area (Å²) >= 11 is 0. The normalized spacial score (nSPS) is 24.3. The van der Waals surface area contributed by atoms with Gasteiger partial charge in [0.25, 0.3) is 0 Å². The van der Waals surface area contributed by atoms with Crippen LogP contribution in [-0.2, 0) is 0 Å². The van der Waals surface area contributed by atoms with Crippen LogP contribution in [0.25, 0.3) is 11.0 Å². The van der Waals surface area contributed by atoms with Crippen LogP contribution in [0.2, 0.25) is 0 Å². The summed E-state index contributed by atoms with van der Waals surface area (Å²) in [7, 11) is 0. The Morgan fingerprint density at radius 2 is 2.00 bits per heavy atom. The van der Waals surface area contributed by atoms with Crippen LogP contribution in [0, 0.1) is 5.92 Å². The first-order chi connectivity index (χ1) is 7.70. The van der Waals surface area contributed by atoms with Crippen LogP contribution in [0.3, 0.4) is 0 Å². The fraction of sp³-hybridized carbons (Fsp3) is 0.417. The van der Waals surface area contributed by atoms with E-state index in [1.165, 1.54) is 12.8 Å². The molecule has 0 bridgehead atoms. The minimum Gasteiger partial charge on any atom is -0.382 e. The van der Waals surface area contributed by atoms with Gasteiger partial charge in [-0.15, -0.1) is 0 Å². The smallest absolute Gasteiger partial charge is 0.323 e. The highest BCUT2D eigenvalue weighted by Crippen LogP contribution is 2.29. The van der Waals surface area contributed by atoms with Crippen LogP contribution >= 0.6 is 0 Å². The zero-order valence-electron chi connectivity index (χ0n) is 9.21. The lowest BCUT2D eigenvalue weighted by Crippen LogP contribution is -2.33. The topological polar surface area (TPSA) is 60.7 Å². The number of fused-ring (bicyclic) bond motifs is 1. The summed E-state index contributed by atoms with van der Waals surface area (Å²) in [5, 5.41) is 3.47. The van der Waals surface area contributed by atoms with Crippen molar-refractivity contribution in [2.24, 2.45) is 5.92 Å². The van der Waals surface area contributed by atoms with Crippen LogP contribution in [0.15, 0.2) is 23.0 Å². The van der Waals surface area contributed by atoms with Crippen molar-refractivity contribution in [3.8, 4) is 0 Å². The molecule has 1 aromatic carbocycles. The molecule has 2 aromatic rings. The molecule has 4 heteroatoms. The van der Waals surface area contributed by atoms with E-state index >= 15 is 0 Å². The molecule has 3 rings (SSSR count). The van der Waals surface area contributed by atoms with Crippen LogP contribution < -0.4 is 11.0 Å². The third kappa shape index (κ3) is 1.60. The van der Waals surface area contributed by atoms with E-state index in [4.69, 9.17) is 0 Å². The minimum atomic E-state index is -0.149. The van der Waals surface area contributed by atoms with Gasteiger partial charge in [0.1, 0.15) is 0 Å². The summed E-state index contributed by atoms with van der Waals surface area (Å²) < 4.78 is 0. The van der Waals surface area contributed by atoms with Gasteiger partial charge in [0.15, 0.2) is 0 Å². The monoisotopic (exact) mass is 217 g/mol. The summed E-state index contributed by atoms with van der Waals surface area (Å²) in [6.07, 6.45) is 2.48. The van der Waals surface area contributed by atoms with E-state index in [2.05, 4.69) is 22.2 Å². The zero-order valence-corrected chi connectivity index (χ0v) is 9.21. The molecule has 1 fully saturated rings. The number of rotatable bonds is 2. The Balaban J connectivity index is 1.84.